The highest BCUT2D eigenvalue weighted by Gasteiger charge is 2.56. The number of fused-ring (bicyclic) bond motifs is 4. The second-order valence-electron chi connectivity index (χ2n) is 8.44. The highest BCUT2D eigenvalue weighted by Crippen LogP contribution is 2.47. The fraction of sp³-hybridized carbons (Fsp3) is 0.364. The van der Waals surface area contributed by atoms with Crippen LogP contribution in [-0.2, 0) is 4.84 Å². The second-order valence-corrected chi connectivity index (χ2v) is 8.44. The number of oxime groups is 1. The number of benzene rings is 2. The normalized spacial score (nSPS) is 27.3. The first-order valence-electron chi connectivity index (χ1n) is 10.3. The number of rotatable bonds is 3. The summed E-state index contributed by atoms with van der Waals surface area (Å²) in [4.78, 5) is 19.6. The van der Waals surface area contributed by atoms with Gasteiger partial charge in [0.25, 0.3) is 0 Å². The Labute approximate surface area is 177 Å². The zero-order chi connectivity index (χ0) is 21.1. The van der Waals surface area contributed by atoms with Gasteiger partial charge in [-0.3, -0.25) is 0 Å². The van der Waals surface area contributed by atoms with Gasteiger partial charge < -0.3 is 25.1 Å². The largest absolute Gasteiger partial charge is 0.492 e. The van der Waals surface area contributed by atoms with Crippen molar-refractivity contribution in [2.75, 3.05) is 36.5 Å². The molecule has 3 unspecified atom stereocenters. The molecule has 6 rings (SSSR count). The predicted octanol–water partition coefficient (Wildman–Crippen LogP) is 2.96. The molecule has 2 fully saturated rings. The van der Waals surface area contributed by atoms with Gasteiger partial charge >= 0.3 is 6.03 Å². The van der Waals surface area contributed by atoms with Crippen LogP contribution in [0.3, 0.4) is 0 Å². The van der Waals surface area contributed by atoms with Crippen LogP contribution in [0.5, 0.6) is 5.75 Å². The lowest BCUT2D eigenvalue weighted by molar-refractivity contribution is 0.137. The lowest BCUT2D eigenvalue weighted by atomic mass is 9.95. The number of carbonyl (C=O) groups is 1. The number of urea groups is 1. The van der Waals surface area contributed by atoms with E-state index in [1.807, 2.05) is 17.0 Å². The Morgan fingerprint density at radius 2 is 1.94 bits per heavy atom. The minimum Gasteiger partial charge on any atom is -0.492 e. The highest BCUT2D eigenvalue weighted by atomic mass is 19.1. The van der Waals surface area contributed by atoms with Crippen LogP contribution >= 0.6 is 0 Å². The van der Waals surface area contributed by atoms with Crippen LogP contribution in [0.4, 0.5) is 25.0 Å². The summed E-state index contributed by atoms with van der Waals surface area (Å²) >= 11 is 0. The molecule has 3 heterocycles. The SMILES string of the molecule is O=C(Nc1ccc2c(c1)C1=NOCC1CO2)NC1C2CN(c3ccc(F)cc3F)CC21. The Morgan fingerprint density at radius 3 is 2.74 bits per heavy atom. The van der Waals surface area contributed by atoms with Gasteiger partial charge in [0.2, 0.25) is 0 Å². The van der Waals surface area contributed by atoms with Crippen molar-refractivity contribution in [1.29, 1.82) is 0 Å². The average molecular weight is 426 g/mol. The van der Waals surface area contributed by atoms with E-state index in [4.69, 9.17) is 9.57 Å². The lowest BCUT2D eigenvalue weighted by Crippen LogP contribution is -2.37. The number of amides is 2. The maximum absolute atomic E-state index is 14.0. The van der Waals surface area contributed by atoms with Crippen molar-refractivity contribution in [3.63, 3.8) is 0 Å². The van der Waals surface area contributed by atoms with Crippen LogP contribution in [0.1, 0.15) is 5.56 Å². The van der Waals surface area contributed by atoms with E-state index in [9.17, 15) is 13.6 Å². The third kappa shape index (κ3) is 3.15. The maximum atomic E-state index is 14.0. The van der Waals surface area contributed by atoms with Crippen molar-refractivity contribution in [2.45, 2.75) is 6.04 Å². The molecule has 0 aromatic heterocycles. The topological polar surface area (TPSA) is 75.2 Å². The van der Waals surface area contributed by atoms with Gasteiger partial charge in [-0.1, -0.05) is 5.16 Å². The molecule has 2 aromatic carbocycles. The van der Waals surface area contributed by atoms with Gasteiger partial charge in [0.1, 0.15) is 36.3 Å². The standard InChI is InChI=1S/C22H20F2N4O3/c23-12-1-3-18(17(24)5-12)28-7-15-16(8-28)21(15)26-22(29)25-13-2-4-19-14(6-13)20-11(9-30-19)10-31-27-20/h1-6,11,15-16,21H,7-10H2,(H2,25,26,29). The Morgan fingerprint density at radius 1 is 1.10 bits per heavy atom. The molecule has 31 heavy (non-hydrogen) atoms. The van der Waals surface area contributed by atoms with Crippen LogP contribution in [0.25, 0.3) is 0 Å². The van der Waals surface area contributed by atoms with Gasteiger partial charge in [-0.15, -0.1) is 0 Å². The Kier molecular flexibility index (Phi) is 4.06. The van der Waals surface area contributed by atoms with Crippen LogP contribution in [0.15, 0.2) is 41.6 Å². The van der Waals surface area contributed by atoms with Crippen LogP contribution < -0.4 is 20.3 Å². The highest BCUT2D eigenvalue weighted by molar-refractivity contribution is 6.07. The molecule has 2 aromatic rings. The summed E-state index contributed by atoms with van der Waals surface area (Å²) < 4.78 is 32.9. The molecule has 0 bridgehead atoms. The average Bonchev–Trinajstić information content (AvgIpc) is 3.14. The molecule has 1 saturated carbocycles. The van der Waals surface area contributed by atoms with Gasteiger partial charge in [-0.25, -0.2) is 13.6 Å². The van der Waals surface area contributed by atoms with E-state index in [-0.39, 0.29) is 29.8 Å². The number of anilines is 2. The Balaban J connectivity index is 1.07. The molecule has 7 nitrogen and oxygen atoms in total. The van der Waals surface area contributed by atoms with Crippen molar-refractivity contribution in [2.24, 2.45) is 22.9 Å². The summed E-state index contributed by atoms with van der Waals surface area (Å²) in [5.74, 6) is 0.237. The molecule has 2 N–H and O–H groups in total. The fourth-order valence-corrected chi connectivity index (χ4v) is 4.86. The number of nitrogens with zero attached hydrogens (tertiary/aromatic N) is 2. The molecule has 1 aliphatic carbocycles. The number of ether oxygens (including phenoxy) is 1. The second kappa shape index (κ2) is 6.83. The van der Waals surface area contributed by atoms with Crippen molar-refractivity contribution in [3.8, 4) is 5.75 Å². The molecule has 0 radical (unpaired) electrons. The van der Waals surface area contributed by atoms with Gasteiger partial charge in [0.05, 0.1) is 11.6 Å². The summed E-state index contributed by atoms with van der Waals surface area (Å²) in [6.07, 6.45) is 0. The van der Waals surface area contributed by atoms with Crippen LogP contribution in [0.2, 0.25) is 0 Å². The van der Waals surface area contributed by atoms with Crippen molar-refractivity contribution in [1.82, 2.24) is 5.32 Å². The molecular weight excluding hydrogens is 406 g/mol. The minimum absolute atomic E-state index is 0.0534. The quantitative estimate of drug-likeness (QED) is 0.792. The lowest BCUT2D eigenvalue weighted by Gasteiger charge is -2.23. The van der Waals surface area contributed by atoms with E-state index in [1.54, 1.807) is 6.07 Å². The van der Waals surface area contributed by atoms with Crippen LogP contribution in [0, 0.1) is 29.4 Å². The summed E-state index contributed by atoms with van der Waals surface area (Å²) in [6, 6.07) is 8.87. The molecule has 0 spiro atoms. The first-order chi connectivity index (χ1) is 15.1. The monoisotopic (exact) mass is 426 g/mol. The number of piperidine rings is 1. The van der Waals surface area contributed by atoms with E-state index in [0.717, 1.165) is 23.1 Å². The third-order valence-corrected chi connectivity index (χ3v) is 6.52. The van der Waals surface area contributed by atoms with E-state index >= 15 is 0 Å². The summed E-state index contributed by atoms with van der Waals surface area (Å²) in [5, 5.41) is 10.00. The van der Waals surface area contributed by atoms with Gasteiger partial charge in [-0.2, -0.15) is 0 Å². The first kappa shape index (κ1) is 18.4. The van der Waals surface area contributed by atoms with E-state index in [2.05, 4.69) is 15.8 Å². The Bertz CT molecular complexity index is 1100. The van der Waals surface area contributed by atoms with Crippen molar-refractivity contribution in [3.05, 3.63) is 53.6 Å². The number of halogens is 2. The molecule has 2 amide bonds. The smallest absolute Gasteiger partial charge is 0.319 e. The van der Waals surface area contributed by atoms with Crippen LogP contribution in [-0.4, -0.2) is 44.1 Å². The third-order valence-electron chi connectivity index (χ3n) is 6.52. The molecule has 160 valence electrons. The van der Waals surface area contributed by atoms with E-state index in [1.165, 1.54) is 12.1 Å². The molecule has 3 atom stereocenters. The molecule has 3 aliphatic heterocycles. The Hall–Kier alpha value is -3.36. The predicted molar refractivity (Wildman–Crippen MR) is 109 cm³/mol. The fourth-order valence-electron chi connectivity index (χ4n) is 4.86. The minimum atomic E-state index is -0.585. The van der Waals surface area contributed by atoms with Gasteiger partial charge in [0.15, 0.2) is 0 Å². The molecule has 1 saturated heterocycles. The van der Waals surface area contributed by atoms with E-state index < -0.39 is 11.6 Å². The number of hydrogen-bond acceptors (Lipinski definition) is 5. The number of nitrogens with one attached hydrogen (secondary N) is 2. The maximum Gasteiger partial charge on any atom is 0.319 e. The van der Waals surface area contributed by atoms with E-state index in [0.29, 0.717) is 37.7 Å². The van der Waals surface area contributed by atoms with Crippen molar-refractivity contribution >= 4 is 23.1 Å². The molecular formula is C22H20F2N4O3. The number of hydrogen-bond donors (Lipinski definition) is 2. The van der Waals surface area contributed by atoms with Gasteiger partial charge in [-0.05, 0) is 30.3 Å². The summed E-state index contributed by atoms with van der Waals surface area (Å²) in [5.41, 5.74) is 2.75. The summed E-state index contributed by atoms with van der Waals surface area (Å²) in [6.45, 7) is 2.32. The summed E-state index contributed by atoms with van der Waals surface area (Å²) in [7, 11) is 0. The van der Waals surface area contributed by atoms with Crippen molar-refractivity contribution < 1.29 is 23.1 Å². The van der Waals surface area contributed by atoms with Gasteiger partial charge in [0, 0.05) is 48.3 Å². The first-order valence-corrected chi connectivity index (χ1v) is 10.3. The zero-order valence-electron chi connectivity index (χ0n) is 16.5. The zero-order valence-corrected chi connectivity index (χ0v) is 16.5. The molecule has 4 aliphatic rings. The number of carbonyl (C=O) groups excluding carboxylic acids is 1. The molecule has 9 heteroatoms.